The monoisotopic (exact) mass is 385 g/mol. The van der Waals surface area contributed by atoms with E-state index >= 15 is 0 Å². The lowest BCUT2D eigenvalue weighted by atomic mass is 10.1. The minimum Gasteiger partial charge on any atom is -0.310 e. The number of aromatic nitrogens is 3. The molecule has 0 aliphatic carbocycles. The highest BCUT2D eigenvalue weighted by atomic mass is 32.1. The van der Waals surface area contributed by atoms with Crippen molar-refractivity contribution in [2.45, 2.75) is 26.2 Å². The first-order chi connectivity index (χ1) is 12.5. The standard InChI is InChI=1S/C19H16FN3OS2/c1-10(2)18-21-13(8-25-18)7-15-22-17(24)16-14(9-26-19(16)23-15)11-3-5-12(20)6-4-11/h3-6,8-10H,7H2,1-2H3,(H,22,23,24). The van der Waals surface area contributed by atoms with E-state index in [0.717, 1.165) is 21.8 Å². The fourth-order valence-corrected chi connectivity index (χ4v) is 4.56. The molecular weight excluding hydrogens is 369 g/mol. The van der Waals surface area contributed by atoms with Crippen LogP contribution < -0.4 is 5.56 Å². The van der Waals surface area contributed by atoms with Gasteiger partial charge in [0, 0.05) is 28.7 Å². The number of nitrogens with zero attached hydrogens (tertiary/aromatic N) is 2. The van der Waals surface area contributed by atoms with Crippen LogP contribution in [-0.2, 0) is 6.42 Å². The number of hydrogen-bond acceptors (Lipinski definition) is 5. The van der Waals surface area contributed by atoms with E-state index in [1.165, 1.54) is 23.5 Å². The average Bonchev–Trinajstić information content (AvgIpc) is 3.23. The minimum absolute atomic E-state index is 0.176. The molecule has 0 saturated heterocycles. The smallest absolute Gasteiger partial charge is 0.260 e. The molecule has 0 aliphatic heterocycles. The Kier molecular flexibility index (Phi) is 4.42. The van der Waals surface area contributed by atoms with Gasteiger partial charge in [0.2, 0.25) is 0 Å². The topological polar surface area (TPSA) is 58.6 Å². The maximum Gasteiger partial charge on any atom is 0.260 e. The first kappa shape index (κ1) is 17.1. The van der Waals surface area contributed by atoms with Crippen LogP contribution >= 0.6 is 22.7 Å². The summed E-state index contributed by atoms with van der Waals surface area (Å²) in [4.78, 5) is 25.4. The number of H-pyrrole nitrogens is 1. The Balaban J connectivity index is 1.71. The van der Waals surface area contributed by atoms with E-state index in [9.17, 15) is 9.18 Å². The molecule has 4 nitrogen and oxygen atoms in total. The summed E-state index contributed by atoms with van der Waals surface area (Å²) in [6, 6.07) is 6.13. The molecule has 0 aliphatic rings. The van der Waals surface area contributed by atoms with Gasteiger partial charge in [-0.2, -0.15) is 0 Å². The van der Waals surface area contributed by atoms with Crippen molar-refractivity contribution in [1.29, 1.82) is 0 Å². The third-order valence-electron chi connectivity index (χ3n) is 4.06. The zero-order valence-electron chi connectivity index (χ0n) is 14.2. The highest BCUT2D eigenvalue weighted by Crippen LogP contribution is 2.31. The molecule has 0 saturated carbocycles. The van der Waals surface area contributed by atoms with Gasteiger partial charge in [-0.3, -0.25) is 4.79 Å². The average molecular weight is 385 g/mol. The molecule has 0 fully saturated rings. The van der Waals surface area contributed by atoms with Crippen LogP contribution in [-0.4, -0.2) is 15.0 Å². The van der Waals surface area contributed by atoms with Crippen LogP contribution in [0.25, 0.3) is 21.3 Å². The number of nitrogens with one attached hydrogen (secondary N) is 1. The molecule has 7 heteroatoms. The van der Waals surface area contributed by atoms with Crippen LogP contribution in [0.4, 0.5) is 4.39 Å². The normalized spacial score (nSPS) is 11.5. The molecule has 4 aromatic rings. The third-order valence-corrected chi connectivity index (χ3v) is 6.13. The predicted molar refractivity (Wildman–Crippen MR) is 105 cm³/mol. The molecule has 4 rings (SSSR count). The van der Waals surface area contributed by atoms with Crippen LogP contribution in [0.15, 0.2) is 39.8 Å². The molecule has 26 heavy (non-hydrogen) atoms. The fourth-order valence-electron chi connectivity index (χ4n) is 2.76. The van der Waals surface area contributed by atoms with E-state index < -0.39 is 0 Å². The Labute approximate surface area is 157 Å². The van der Waals surface area contributed by atoms with Crippen LogP contribution in [0, 0.1) is 5.82 Å². The lowest BCUT2D eigenvalue weighted by molar-refractivity contribution is 0.628. The van der Waals surface area contributed by atoms with Gasteiger partial charge in [-0.1, -0.05) is 26.0 Å². The molecular formula is C19H16FN3OS2. The highest BCUT2D eigenvalue weighted by Gasteiger charge is 2.14. The second-order valence-electron chi connectivity index (χ2n) is 6.36. The maximum atomic E-state index is 13.2. The Bertz CT molecular complexity index is 1130. The van der Waals surface area contributed by atoms with Crippen LogP contribution in [0.1, 0.15) is 36.3 Å². The molecule has 0 atom stereocenters. The minimum atomic E-state index is -0.299. The Morgan fingerprint density at radius 2 is 1.88 bits per heavy atom. The summed E-state index contributed by atoms with van der Waals surface area (Å²) in [6.07, 6.45) is 0.498. The number of hydrogen-bond donors (Lipinski definition) is 1. The number of aromatic amines is 1. The SMILES string of the molecule is CC(C)c1nc(Cc2nc3scc(-c4ccc(F)cc4)c3c(=O)[nH]2)cs1. The lowest BCUT2D eigenvalue weighted by Crippen LogP contribution is -2.11. The van der Waals surface area contributed by atoms with Gasteiger partial charge in [0.05, 0.1) is 16.1 Å². The fraction of sp³-hybridized carbons (Fsp3) is 0.211. The van der Waals surface area contributed by atoms with E-state index in [1.807, 2.05) is 10.8 Å². The largest absolute Gasteiger partial charge is 0.310 e. The van der Waals surface area contributed by atoms with Gasteiger partial charge in [-0.25, -0.2) is 14.4 Å². The van der Waals surface area contributed by atoms with Crippen molar-refractivity contribution in [2.75, 3.05) is 0 Å². The molecule has 1 N–H and O–H groups in total. The first-order valence-corrected chi connectivity index (χ1v) is 9.98. The molecule has 1 aromatic carbocycles. The summed E-state index contributed by atoms with van der Waals surface area (Å²) < 4.78 is 13.2. The quantitative estimate of drug-likeness (QED) is 0.540. The second-order valence-corrected chi connectivity index (χ2v) is 8.11. The Morgan fingerprint density at radius 3 is 2.58 bits per heavy atom. The van der Waals surface area contributed by atoms with Crippen molar-refractivity contribution in [3.05, 3.63) is 67.7 Å². The van der Waals surface area contributed by atoms with Crippen molar-refractivity contribution >= 4 is 32.9 Å². The van der Waals surface area contributed by atoms with Crippen LogP contribution in [0.2, 0.25) is 0 Å². The molecule has 0 unspecified atom stereocenters. The van der Waals surface area contributed by atoms with Crippen LogP contribution in [0.5, 0.6) is 0 Å². The summed E-state index contributed by atoms with van der Waals surface area (Å²) in [5, 5.41) is 5.53. The summed E-state index contributed by atoms with van der Waals surface area (Å²) in [6.45, 7) is 4.22. The molecule has 0 radical (unpaired) electrons. The van der Waals surface area contributed by atoms with Crippen molar-refractivity contribution in [1.82, 2.24) is 15.0 Å². The molecule has 0 amide bonds. The van der Waals surface area contributed by atoms with E-state index in [-0.39, 0.29) is 11.4 Å². The number of thiazole rings is 1. The van der Waals surface area contributed by atoms with Crippen molar-refractivity contribution in [3.63, 3.8) is 0 Å². The maximum absolute atomic E-state index is 13.2. The summed E-state index contributed by atoms with van der Waals surface area (Å²) in [7, 11) is 0. The van der Waals surface area contributed by atoms with E-state index in [1.54, 1.807) is 23.5 Å². The lowest BCUT2D eigenvalue weighted by Gasteiger charge is -2.02. The summed E-state index contributed by atoms with van der Waals surface area (Å²) >= 11 is 3.05. The van der Waals surface area contributed by atoms with Crippen molar-refractivity contribution < 1.29 is 4.39 Å². The molecule has 0 bridgehead atoms. The number of halogens is 1. The Morgan fingerprint density at radius 1 is 1.12 bits per heavy atom. The number of fused-ring (bicyclic) bond motifs is 1. The van der Waals surface area contributed by atoms with Gasteiger partial charge in [0.25, 0.3) is 5.56 Å². The van der Waals surface area contributed by atoms with Crippen LogP contribution in [0.3, 0.4) is 0 Å². The highest BCUT2D eigenvalue weighted by molar-refractivity contribution is 7.17. The molecule has 3 heterocycles. The number of benzene rings is 1. The van der Waals surface area contributed by atoms with Gasteiger partial charge in [-0.05, 0) is 17.7 Å². The molecule has 3 aromatic heterocycles. The summed E-state index contributed by atoms with van der Waals surface area (Å²) in [5.74, 6) is 0.695. The zero-order chi connectivity index (χ0) is 18.3. The molecule has 132 valence electrons. The second kappa shape index (κ2) is 6.74. The van der Waals surface area contributed by atoms with E-state index in [4.69, 9.17) is 0 Å². The van der Waals surface area contributed by atoms with Gasteiger partial charge in [-0.15, -0.1) is 22.7 Å². The summed E-state index contributed by atoms with van der Waals surface area (Å²) in [5.41, 5.74) is 2.32. The third kappa shape index (κ3) is 3.20. The van der Waals surface area contributed by atoms with Crippen molar-refractivity contribution in [2.24, 2.45) is 0 Å². The van der Waals surface area contributed by atoms with Gasteiger partial charge in [0.15, 0.2) is 0 Å². The van der Waals surface area contributed by atoms with Crippen molar-refractivity contribution in [3.8, 4) is 11.1 Å². The van der Waals surface area contributed by atoms with Gasteiger partial charge < -0.3 is 4.98 Å². The van der Waals surface area contributed by atoms with Gasteiger partial charge in [0.1, 0.15) is 16.5 Å². The Hall–Kier alpha value is -2.38. The van der Waals surface area contributed by atoms with E-state index in [0.29, 0.717) is 28.4 Å². The predicted octanol–water partition coefficient (Wildman–Crippen LogP) is 4.96. The number of rotatable bonds is 4. The number of thiophene rings is 1. The van der Waals surface area contributed by atoms with Gasteiger partial charge >= 0.3 is 0 Å². The first-order valence-electron chi connectivity index (χ1n) is 8.22. The zero-order valence-corrected chi connectivity index (χ0v) is 15.9. The van der Waals surface area contributed by atoms with E-state index in [2.05, 4.69) is 28.8 Å². The molecule has 0 spiro atoms.